The summed E-state index contributed by atoms with van der Waals surface area (Å²) in [4.78, 5) is 0. The van der Waals surface area contributed by atoms with Crippen molar-refractivity contribution in [3.8, 4) is 0 Å². The van der Waals surface area contributed by atoms with E-state index in [1.54, 1.807) is 0 Å². The molecule has 1 nitrogen and oxygen atoms in total. The molecule has 0 aromatic rings. The molecule has 1 N–H and O–H groups in total. The third kappa shape index (κ3) is 2.76. The molecule has 18 heavy (non-hydrogen) atoms. The van der Waals surface area contributed by atoms with Crippen molar-refractivity contribution < 1.29 is 0 Å². The number of rotatable bonds is 4. The van der Waals surface area contributed by atoms with E-state index in [-0.39, 0.29) is 0 Å². The average molecular weight is 249 g/mol. The highest BCUT2D eigenvalue weighted by molar-refractivity contribution is 5.00. The molecule has 104 valence electrons. The van der Waals surface area contributed by atoms with E-state index in [1.807, 2.05) is 0 Å². The van der Waals surface area contributed by atoms with Crippen LogP contribution in [0, 0.1) is 22.7 Å². The van der Waals surface area contributed by atoms with Gasteiger partial charge >= 0.3 is 0 Å². The van der Waals surface area contributed by atoms with E-state index in [0.717, 1.165) is 17.9 Å². The molecule has 3 aliphatic carbocycles. The SMILES string of the molecule is CC(C)(C)C1CCC(CNC2CC2)(C2CC2)CC1. The van der Waals surface area contributed by atoms with Crippen LogP contribution in [0.25, 0.3) is 0 Å². The Morgan fingerprint density at radius 3 is 2.00 bits per heavy atom. The maximum atomic E-state index is 3.84. The van der Waals surface area contributed by atoms with Crippen molar-refractivity contribution in [3.63, 3.8) is 0 Å². The number of hydrogen-bond donors (Lipinski definition) is 1. The van der Waals surface area contributed by atoms with Crippen molar-refractivity contribution in [1.29, 1.82) is 0 Å². The summed E-state index contributed by atoms with van der Waals surface area (Å²) in [5, 5.41) is 3.84. The van der Waals surface area contributed by atoms with E-state index in [4.69, 9.17) is 0 Å². The second-order valence-corrected chi connectivity index (χ2v) is 8.43. The Labute approximate surface area is 113 Å². The van der Waals surface area contributed by atoms with Gasteiger partial charge in [-0.05, 0) is 74.0 Å². The van der Waals surface area contributed by atoms with Gasteiger partial charge in [0.15, 0.2) is 0 Å². The first-order valence-electron chi connectivity index (χ1n) is 8.23. The summed E-state index contributed by atoms with van der Waals surface area (Å²) < 4.78 is 0. The van der Waals surface area contributed by atoms with E-state index in [2.05, 4.69) is 26.1 Å². The van der Waals surface area contributed by atoms with E-state index in [0.29, 0.717) is 10.8 Å². The molecule has 3 fully saturated rings. The smallest absolute Gasteiger partial charge is 0.00684 e. The van der Waals surface area contributed by atoms with Crippen LogP contribution in [-0.2, 0) is 0 Å². The molecule has 1 heteroatoms. The van der Waals surface area contributed by atoms with Crippen LogP contribution < -0.4 is 5.32 Å². The molecule has 0 bridgehead atoms. The fraction of sp³-hybridized carbons (Fsp3) is 1.00. The predicted octanol–water partition coefficient (Wildman–Crippen LogP) is 4.37. The fourth-order valence-electron chi connectivity index (χ4n) is 4.12. The molecule has 0 heterocycles. The van der Waals surface area contributed by atoms with Gasteiger partial charge in [0, 0.05) is 12.6 Å². The Bertz CT molecular complexity index is 285. The van der Waals surface area contributed by atoms with Crippen LogP contribution in [0.2, 0.25) is 0 Å². The summed E-state index contributed by atoms with van der Waals surface area (Å²) >= 11 is 0. The summed E-state index contributed by atoms with van der Waals surface area (Å²) in [5.41, 5.74) is 1.23. The Hall–Kier alpha value is -0.0400. The van der Waals surface area contributed by atoms with Gasteiger partial charge in [0.25, 0.3) is 0 Å². The van der Waals surface area contributed by atoms with Gasteiger partial charge in [-0.1, -0.05) is 20.8 Å². The first kappa shape index (κ1) is 13.0. The summed E-state index contributed by atoms with van der Waals surface area (Å²) in [5.74, 6) is 2.04. The average Bonchev–Trinajstić information content (AvgIpc) is 3.16. The number of nitrogens with one attached hydrogen (secondary N) is 1. The summed E-state index contributed by atoms with van der Waals surface area (Å²) in [6.45, 7) is 8.64. The lowest BCUT2D eigenvalue weighted by molar-refractivity contribution is 0.0694. The molecule has 3 rings (SSSR count). The molecule has 3 saturated carbocycles. The van der Waals surface area contributed by atoms with Gasteiger partial charge in [0.05, 0.1) is 0 Å². The van der Waals surface area contributed by atoms with Crippen molar-refractivity contribution in [2.75, 3.05) is 6.54 Å². The first-order valence-corrected chi connectivity index (χ1v) is 8.23. The van der Waals surface area contributed by atoms with Crippen LogP contribution in [0.4, 0.5) is 0 Å². The van der Waals surface area contributed by atoms with E-state index < -0.39 is 0 Å². The number of hydrogen-bond acceptors (Lipinski definition) is 1. The third-order valence-electron chi connectivity index (χ3n) is 5.97. The maximum absolute atomic E-state index is 3.84. The van der Waals surface area contributed by atoms with Crippen LogP contribution in [0.3, 0.4) is 0 Å². The second-order valence-electron chi connectivity index (χ2n) is 8.43. The largest absolute Gasteiger partial charge is 0.313 e. The molecule has 0 spiro atoms. The molecule has 0 unspecified atom stereocenters. The minimum absolute atomic E-state index is 0.527. The quantitative estimate of drug-likeness (QED) is 0.780. The lowest BCUT2D eigenvalue weighted by Crippen LogP contribution is -2.41. The van der Waals surface area contributed by atoms with Crippen molar-refractivity contribution in [1.82, 2.24) is 5.32 Å². The standard InChI is InChI=1S/C17H31N/c1-16(2,3)13-8-10-17(11-9-13,14-4-5-14)12-18-15-6-7-15/h13-15,18H,4-12H2,1-3H3. The lowest BCUT2D eigenvalue weighted by Gasteiger charge is -2.45. The predicted molar refractivity (Wildman–Crippen MR) is 77.6 cm³/mol. The van der Waals surface area contributed by atoms with Gasteiger partial charge in [0.1, 0.15) is 0 Å². The summed E-state index contributed by atoms with van der Waals surface area (Å²) in [6, 6.07) is 0.890. The first-order chi connectivity index (χ1) is 8.50. The second kappa shape index (κ2) is 4.51. The highest BCUT2D eigenvalue weighted by atomic mass is 15.0. The van der Waals surface area contributed by atoms with Crippen LogP contribution in [0.15, 0.2) is 0 Å². The van der Waals surface area contributed by atoms with Crippen molar-refractivity contribution in [3.05, 3.63) is 0 Å². The Morgan fingerprint density at radius 2 is 1.56 bits per heavy atom. The molecular weight excluding hydrogens is 218 g/mol. The summed E-state index contributed by atoms with van der Waals surface area (Å²) in [6.07, 6.45) is 11.9. The third-order valence-corrected chi connectivity index (χ3v) is 5.97. The van der Waals surface area contributed by atoms with E-state index in [9.17, 15) is 0 Å². The van der Waals surface area contributed by atoms with Crippen LogP contribution in [-0.4, -0.2) is 12.6 Å². The van der Waals surface area contributed by atoms with Gasteiger partial charge in [-0.15, -0.1) is 0 Å². The Morgan fingerprint density at radius 1 is 0.944 bits per heavy atom. The van der Waals surface area contributed by atoms with Gasteiger partial charge in [-0.2, -0.15) is 0 Å². The zero-order valence-corrected chi connectivity index (χ0v) is 12.6. The minimum atomic E-state index is 0.527. The van der Waals surface area contributed by atoms with Gasteiger partial charge < -0.3 is 5.32 Å². The summed E-state index contributed by atoms with van der Waals surface area (Å²) in [7, 11) is 0. The van der Waals surface area contributed by atoms with E-state index in [1.165, 1.54) is 57.9 Å². The molecule has 0 atom stereocenters. The van der Waals surface area contributed by atoms with Crippen molar-refractivity contribution in [2.45, 2.75) is 78.2 Å². The fourth-order valence-corrected chi connectivity index (χ4v) is 4.12. The monoisotopic (exact) mass is 249 g/mol. The van der Waals surface area contributed by atoms with Crippen LogP contribution >= 0.6 is 0 Å². The highest BCUT2D eigenvalue weighted by Crippen LogP contribution is 2.56. The molecule has 0 saturated heterocycles. The van der Waals surface area contributed by atoms with Crippen molar-refractivity contribution >= 4 is 0 Å². The van der Waals surface area contributed by atoms with Gasteiger partial charge in [-0.3, -0.25) is 0 Å². The zero-order chi connectivity index (χ0) is 12.8. The molecule has 3 aliphatic rings. The Balaban J connectivity index is 1.58. The highest BCUT2D eigenvalue weighted by Gasteiger charge is 2.48. The Kier molecular flexibility index (Phi) is 3.25. The van der Waals surface area contributed by atoms with Crippen LogP contribution in [0.1, 0.15) is 72.1 Å². The van der Waals surface area contributed by atoms with E-state index >= 15 is 0 Å². The molecule has 0 aliphatic heterocycles. The molecule has 0 aromatic carbocycles. The maximum Gasteiger partial charge on any atom is 0.00684 e. The van der Waals surface area contributed by atoms with Crippen LogP contribution in [0.5, 0.6) is 0 Å². The van der Waals surface area contributed by atoms with Crippen molar-refractivity contribution in [2.24, 2.45) is 22.7 Å². The normalized spacial score (nSPS) is 37.8. The lowest BCUT2D eigenvalue weighted by atomic mass is 9.62. The van der Waals surface area contributed by atoms with Gasteiger partial charge in [-0.25, -0.2) is 0 Å². The molecule has 0 amide bonds. The minimum Gasteiger partial charge on any atom is -0.313 e. The zero-order valence-electron chi connectivity index (χ0n) is 12.6. The molecule has 0 aromatic heterocycles. The molecular formula is C17H31N. The molecule has 0 radical (unpaired) electrons. The van der Waals surface area contributed by atoms with Gasteiger partial charge in [0.2, 0.25) is 0 Å². The topological polar surface area (TPSA) is 12.0 Å².